The summed E-state index contributed by atoms with van der Waals surface area (Å²) >= 11 is 0. The minimum Gasteiger partial charge on any atom is -0.379 e. The predicted molar refractivity (Wildman–Crippen MR) is 139 cm³/mol. The van der Waals surface area contributed by atoms with Crippen LogP contribution in [0.3, 0.4) is 0 Å². The van der Waals surface area contributed by atoms with Crippen molar-refractivity contribution in [3.05, 3.63) is 89.0 Å². The van der Waals surface area contributed by atoms with Gasteiger partial charge in [0.05, 0.1) is 33.6 Å². The molecule has 0 unspecified atom stereocenters. The van der Waals surface area contributed by atoms with Crippen LogP contribution in [0.5, 0.6) is 0 Å². The van der Waals surface area contributed by atoms with Crippen molar-refractivity contribution >= 4 is 43.0 Å². The van der Waals surface area contributed by atoms with Crippen molar-refractivity contribution in [2.75, 3.05) is 42.5 Å². The van der Waals surface area contributed by atoms with Crippen molar-refractivity contribution in [2.24, 2.45) is 0 Å². The lowest BCUT2D eigenvalue weighted by Gasteiger charge is -2.26. The maximum atomic E-state index is 13.4. The molecule has 1 amide bonds. The number of nitrogens with one attached hydrogen (secondary N) is 1. The number of anilines is 2. The number of hydrogen-bond donors (Lipinski definition) is 1. The highest BCUT2D eigenvalue weighted by Gasteiger charge is 2.29. The first-order valence-electron chi connectivity index (χ1n) is 11.4. The predicted octanol–water partition coefficient (Wildman–Crippen LogP) is 2.45. The molecule has 0 radical (unpaired) electrons. The van der Waals surface area contributed by atoms with Gasteiger partial charge in [-0.2, -0.15) is 4.31 Å². The van der Waals surface area contributed by atoms with Gasteiger partial charge in [-0.05, 0) is 42.5 Å². The number of benzene rings is 3. The van der Waals surface area contributed by atoms with Gasteiger partial charge in [-0.15, -0.1) is 0 Å². The fraction of sp³-hybridized carbons (Fsp3) is 0.208. The first-order valence-corrected chi connectivity index (χ1v) is 14.3. The zero-order valence-corrected chi connectivity index (χ0v) is 21.6. The van der Waals surface area contributed by atoms with Crippen molar-refractivity contribution in [3.63, 3.8) is 0 Å². The van der Waals surface area contributed by atoms with Crippen LogP contribution in [0, 0.1) is 10.1 Å². The van der Waals surface area contributed by atoms with E-state index >= 15 is 0 Å². The van der Waals surface area contributed by atoms with E-state index in [-0.39, 0.29) is 39.9 Å². The number of ether oxygens (including phenoxy) is 1. The van der Waals surface area contributed by atoms with Crippen LogP contribution in [0.25, 0.3) is 0 Å². The Bertz CT molecular complexity index is 1520. The largest absolute Gasteiger partial charge is 0.379 e. The van der Waals surface area contributed by atoms with Crippen molar-refractivity contribution < 1.29 is 31.3 Å². The second kappa shape index (κ2) is 11.3. The second-order valence-corrected chi connectivity index (χ2v) is 12.0. The number of nitro benzene ring substituents is 1. The molecule has 1 heterocycles. The van der Waals surface area contributed by atoms with Crippen LogP contribution in [0.1, 0.15) is 0 Å². The van der Waals surface area contributed by atoms with Gasteiger partial charge in [0.15, 0.2) is 0 Å². The number of carbonyl (C=O) groups excluding carboxylic acids is 1. The molecule has 3 aromatic carbocycles. The van der Waals surface area contributed by atoms with Crippen molar-refractivity contribution in [1.29, 1.82) is 0 Å². The average molecular weight is 561 g/mol. The molecule has 200 valence electrons. The molecule has 1 aliphatic heterocycles. The van der Waals surface area contributed by atoms with Crippen LogP contribution < -0.4 is 9.62 Å². The Morgan fingerprint density at radius 2 is 1.58 bits per heavy atom. The van der Waals surface area contributed by atoms with E-state index in [4.69, 9.17) is 4.74 Å². The molecule has 3 aromatic rings. The molecule has 4 rings (SSSR count). The quantitative estimate of drug-likeness (QED) is 0.309. The third-order valence-electron chi connectivity index (χ3n) is 5.69. The molecule has 0 atom stereocenters. The van der Waals surface area contributed by atoms with Crippen LogP contribution in [0.2, 0.25) is 0 Å². The van der Waals surface area contributed by atoms with Gasteiger partial charge in [-0.3, -0.25) is 19.2 Å². The molecular formula is C24H24N4O8S2. The summed E-state index contributed by atoms with van der Waals surface area (Å²) in [5, 5.41) is 13.8. The smallest absolute Gasteiger partial charge is 0.271 e. The normalized spacial score (nSPS) is 14.5. The van der Waals surface area contributed by atoms with Gasteiger partial charge in [0.1, 0.15) is 6.54 Å². The summed E-state index contributed by atoms with van der Waals surface area (Å²) < 4.78 is 59.7. The summed E-state index contributed by atoms with van der Waals surface area (Å²) in [6.07, 6.45) is 0. The van der Waals surface area contributed by atoms with Crippen LogP contribution in [-0.4, -0.2) is 64.8 Å². The first-order chi connectivity index (χ1) is 18.1. The number of non-ortho nitro benzene ring substituents is 1. The number of carbonyl (C=O) groups is 1. The molecule has 1 fully saturated rings. The maximum absolute atomic E-state index is 13.4. The topological polar surface area (TPSA) is 156 Å². The van der Waals surface area contributed by atoms with Crippen LogP contribution in [0.15, 0.2) is 88.7 Å². The number of nitro groups is 1. The van der Waals surface area contributed by atoms with Gasteiger partial charge in [-0.1, -0.05) is 24.3 Å². The zero-order valence-electron chi connectivity index (χ0n) is 20.0. The summed E-state index contributed by atoms with van der Waals surface area (Å²) in [5.41, 5.74) is -0.162. The molecule has 0 aromatic heterocycles. The van der Waals surface area contributed by atoms with E-state index in [1.54, 1.807) is 6.07 Å². The van der Waals surface area contributed by atoms with Gasteiger partial charge in [0, 0.05) is 30.9 Å². The number of sulfonamides is 2. The Balaban J connectivity index is 1.57. The molecule has 12 nitrogen and oxygen atoms in total. The van der Waals surface area contributed by atoms with Gasteiger partial charge in [-0.25, -0.2) is 16.8 Å². The third-order valence-corrected chi connectivity index (χ3v) is 9.39. The van der Waals surface area contributed by atoms with E-state index in [1.807, 2.05) is 0 Å². The van der Waals surface area contributed by atoms with Crippen molar-refractivity contribution in [1.82, 2.24) is 4.31 Å². The summed E-state index contributed by atoms with van der Waals surface area (Å²) in [6, 6.07) is 17.8. The first kappa shape index (κ1) is 27.2. The number of amides is 1. The lowest BCUT2D eigenvalue weighted by molar-refractivity contribution is -0.384. The van der Waals surface area contributed by atoms with Gasteiger partial charge >= 0.3 is 0 Å². The second-order valence-electron chi connectivity index (χ2n) is 8.19. The van der Waals surface area contributed by atoms with Crippen LogP contribution in [0.4, 0.5) is 17.1 Å². The Hall–Kier alpha value is -3.85. The number of nitrogens with zero attached hydrogens (tertiary/aromatic N) is 3. The van der Waals surface area contributed by atoms with Gasteiger partial charge < -0.3 is 10.1 Å². The summed E-state index contributed by atoms with van der Waals surface area (Å²) in [7, 11) is -7.99. The third kappa shape index (κ3) is 5.99. The standard InChI is InChI=1S/C24H24N4O8S2/c29-24(25-19-9-11-23(12-10-19)37(32,33)26-13-15-36-16-14-26)18-27(20-5-4-6-21(17-20)28(30)31)38(34,35)22-7-2-1-3-8-22/h1-12,17H,13-16,18H2,(H,25,29). The van der Waals surface area contributed by atoms with E-state index in [0.29, 0.717) is 13.2 Å². The molecule has 1 N–H and O–H groups in total. The zero-order chi connectivity index (χ0) is 27.3. The van der Waals surface area contributed by atoms with Crippen molar-refractivity contribution in [2.45, 2.75) is 9.79 Å². The fourth-order valence-electron chi connectivity index (χ4n) is 3.77. The molecule has 0 aliphatic carbocycles. The van der Waals surface area contributed by atoms with Crippen molar-refractivity contribution in [3.8, 4) is 0 Å². The van der Waals surface area contributed by atoms with E-state index in [2.05, 4.69) is 5.32 Å². The monoisotopic (exact) mass is 560 g/mol. The van der Waals surface area contributed by atoms with E-state index < -0.39 is 37.4 Å². The van der Waals surface area contributed by atoms with Gasteiger partial charge in [0.2, 0.25) is 15.9 Å². The molecule has 1 saturated heterocycles. The molecule has 1 aliphatic rings. The highest BCUT2D eigenvalue weighted by Crippen LogP contribution is 2.27. The highest BCUT2D eigenvalue weighted by molar-refractivity contribution is 7.92. The summed E-state index contributed by atoms with van der Waals surface area (Å²) in [5.74, 6) is -0.736. The number of rotatable bonds is 9. The summed E-state index contributed by atoms with van der Waals surface area (Å²) in [4.78, 5) is 23.5. The molecule has 0 bridgehead atoms. The van der Waals surface area contributed by atoms with E-state index in [0.717, 1.165) is 10.4 Å². The number of morpholine rings is 1. The minimum absolute atomic E-state index is 0.0438. The lowest BCUT2D eigenvalue weighted by Crippen LogP contribution is -2.40. The Kier molecular flexibility index (Phi) is 8.06. The highest BCUT2D eigenvalue weighted by atomic mass is 32.2. The minimum atomic E-state index is -4.27. The van der Waals surface area contributed by atoms with Crippen LogP contribution in [-0.2, 0) is 29.6 Å². The fourth-order valence-corrected chi connectivity index (χ4v) is 6.62. The van der Waals surface area contributed by atoms with E-state index in [1.165, 1.54) is 71.0 Å². The average Bonchev–Trinajstić information content (AvgIpc) is 2.93. The number of hydrogen-bond acceptors (Lipinski definition) is 8. The molecule has 14 heteroatoms. The maximum Gasteiger partial charge on any atom is 0.271 e. The van der Waals surface area contributed by atoms with Gasteiger partial charge in [0.25, 0.3) is 15.7 Å². The molecule has 0 saturated carbocycles. The molecule has 38 heavy (non-hydrogen) atoms. The summed E-state index contributed by atoms with van der Waals surface area (Å²) in [6.45, 7) is 0.404. The SMILES string of the molecule is O=C(CN(c1cccc([N+](=O)[O-])c1)S(=O)(=O)c1ccccc1)Nc1ccc(S(=O)(=O)N2CCOCC2)cc1. The Labute approximate surface area is 219 Å². The lowest BCUT2D eigenvalue weighted by atomic mass is 10.3. The Morgan fingerprint density at radius 1 is 0.921 bits per heavy atom. The van der Waals surface area contributed by atoms with E-state index in [9.17, 15) is 31.7 Å². The Morgan fingerprint density at radius 3 is 2.21 bits per heavy atom. The molecule has 0 spiro atoms. The molecular weight excluding hydrogens is 536 g/mol. The van der Waals surface area contributed by atoms with Crippen LogP contribution >= 0.6 is 0 Å².